The number of hydrogen-bond acceptors (Lipinski definition) is 4. The molecule has 1 aromatic heterocycles. The third-order valence-corrected chi connectivity index (χ3v) is 4.81. The van der Waals surface area contributed by atoms with E-state index in [2.05, 4.69) is 15.0 Å². The number of likely N-dealkylation sites (tertiary alicyclic amines) is 1. The molecule has 6 heteroatoms. The molecule has 0 radical (unpaired) electrons. The lowest BCUT2D eigenvalue weighted by atomic mass is 9.84. The van der Waals surface area contributed by atoms with Gasteiger partial charge in [-0.15, -0.1) is 0 Å². The van der Waals surface area contributed by atoms with Gasteiger partial charge in [0.05, 0.1) is 0 Å². The first kappa shape index (κ1) is 14.5. The number of piperidine rings is 1. The third kappa shape index (κ3) is 3.61. The van der Waals surface area contributed by atoms with Crippen LogP contribution in [0.5, 0.6) is 0 Å². The highest BCUT2D eigenvalue weighted by molar-refractivity contribution is 5.79. The van der Waals surface area contributed by atoms with Crippen molar-refractivity contribution in [2.24, 2.45) is 17.6 Å². The summed E-state index contributed by atoms with van der Waals surface area (Å²) in [5.74, 6) is 0.967. The van der Waals surface area contributed by atoms with Crippen LogP contribution in [0.15, 0.2) is 12.7 Å². The van der Waals surface area contributed by atoms with Crippen molar-refractivity contribution in [3.05, 3.63) is 12.7 Å². The Morgan fingerprint density at radius 1 is 1.29 bits per heavy atom. The summed E-state index contributed by atoms with van der Waals surface area (Å²) in [5, 5.41) is 4.17. The van der Waals surface area contributed by atoms with E-state index < -0.39 is 0 Å². The van der Waals surface area contributed by atoms with Gasteiger partial charge in [-0.1, -0.05) is 6.42 Å². The zero-order valence-electron chi connectivity index (χ0n) is 12.5. The zero-order valence-corrected chi connectivity index (χ0v) is 12.5. The number of rotatable bonds is 3. The van der Waals surface area contributed by atoms with E-state index in [1.54, 1.807) is 12.7 Å². The molecule has 2 aliphatic rings. The number of nitrogens with two attached hydrogens (primary N) is 1. The molecular weight excluding hydrogens is 266 g/mol. The molecule has 3 atom stereocenters. The Hall–Kier alpha value is -1.43. The topological polar surface area (TPSA) is 77.0 Å². The fraction of sp³-hybridized carbons (Fsp3) is 0.800. The van der Waals surface area contributed by atoms with E-state index in [0.717, 1.165) is 58.2 Å². The Labute approximate surface area is 125 Å². The summed E-state index contributed by atoms with van der Waals surface area (Å²) in [5.41, 5.74) is 6.02. The molecule has 0 bridgehead atoms. The van der Waals surface area contributed by atoms with Gasteiger partial charge in [0.1, 0.15) is 12.7 Å². The van der Waals surface area contributed by atoms with Crippen LogP contribution in [0.3, 0.4) is 0 Å². The van der Waals surface area contributed by atoms with E-state index in [9.17, 15) is 4.79 Å². The number of nitrogens with zero attached hydrogens (tertiary/aromatic N) is 4. The standard InChI is InChI=1S/C15H25N5O/c16-14-5-1-4-13(7-14)15(21)19-6-2-3-12(8-19)9-20-11-17-10-18-20/h10-14H,1-9,16H2/t12-,13+,14-/m1/s1. The predicted molar refractivity (Wildman–Crippen MR) is 79.3 cm³/mol. The molecule has 0 spiro atoms. The maximum Gasteiger partial charge on any atom is 0.225 e. The number of amides is 1. The quantitative estimate of drug-likeness (QED) is 0.902. The van der Waals surface area contributed by atoms with Gasteiger partial charge in [0.15, 0.2) is 0 Å². The van der Waals surface area contributed by atoms with Gasteiger partial charge in [-0.05, 0) is 38.0 Å². The molecule has 1 aliphatic carbocycles. The molecule has 1 saturated carbocycles. The van der Waals surface area contributed by atoms with Crippen molar-refractivity contribution in [2.45, 2.75) is 51.1 Å². The highest BCUT2D eigenvalue weighted by Crippen LogP contribution is 2.27. The lowest BCUT2D eigenvalue weighted by molar-refractivity contribution is -0.138. The monoisotopic (exact) mass is 291 g/mol. The minimum atomic E-state index is 0.152. The van der Waals surface area contributed by atoms with E-state index in [-0.39, 0.29) is 12.0 Å². The summed E-state index contributed by atoms with van der Waals surface area (Å²) in [6.07, 6.45) is 9.60. The summed E-state index contributed by atoms with van der Waals surface area (Å²) in [6, 6.07) is 0.212. The first-order valence-electron chi connectivity index (χ1n) is 8.09. The van der Waals surface area contributed by atoms with Gasteiger partial charge in [-0.25, -0.2) is 4.98 Å². The summed E-state index contributed by atoms with van der Waals surface area (Å²) in [6.45, 7) is 2.61. The van der Waals surface area contributed by atoms with Crippen LogP contribution in [0.2, 0.25) is 0 Å². The van der Waals surface area contributed by atoms with E-state index in [4.69, 9.17) is 5.73 Å². The first-order chi connectivity index (χ1) is 10.2. The second kappa shape index (κ2) is 6.56. The average molecular weight is 291 g/mol. The molecule has 1 aliphatic heterocycles. The largest absolute Gasteiger partial charge is 0.342 e. The van der Waals surface area contributed by atoms with E-state index in [1.165, 1.54) is 0 Å². The Kier molecular flexibility index (Phi) is 4.53. The van der Waals surface area contributed by atoms with Gasteiger partial charge >= 0.3 is 0 Å². The minimum absolute atomic E-state index is 0.152. The van der Waals surface area contributed by atoms with Gasteiger partial charge in [-0.2, -0.15) is 5.10 Å². The summed E-state index contributed by atoms with van der Waals surface area (Å²) in [7, 11) is 0. The third-order valence-electron chi connectivity index (χ3n) is 4.81. The van der Waals surface area contributed by atoms with Crippen LogP contribution < -0.4 is 5.73 Å². The molecule has 6 nitrogen and oxygen atoms in total. The van der Waals surface area contributed by atoms with Crippen molar-refractivity contribution in [1.29, 1.82) is 0 Å². The SMILES string of the molecule is N[C@@H]1CCC[C@H](C(=O)N2CCC[C@@H](Cn3cncn3)C2)C1. The number of carbonyl (C=O) groups is 1. The van der Waals surface area contributed by atoms with Crippen LogP contribution in [0.25, 0.3) is 0 Å². The van der Waals surface area contributed by atoms with Crippen molar-refractivity contribution >= 4 is 5.91 Å². The molecule has 0 unspecified atom stereocenters. The Bertz CT molecular complexity index is 461. The summed E-state index contributed by atoms with van der Waals surface area (Å²) < 4.78 is 1.87. The van der Waals surface area contributed by atoms with Gasteiger partial charge in [0.25, 0.3) is 0 Å². The van der Waals surface area contributed by atoms with Crippen molar-refractivity contribution in [3.63, 3.8) is 0 Å². The fourth-order valence-corrected chi connectivity index (χ4v) is 3.72. The van der Waals surface area contributed by atoms with Gasteiger partial charge in [0, 0.05) is 31.6 Å². The lowest BCUT2D eigenvalue weighted by Crippen LogP contribution is -2.46. The van der Waals surface area contributed by atoms with E-state index in [0.29, 0.717) is 11.8 Å². The van der Waals surface area contributed by atoms with Gasteiger partial charge in [0.2, 0.25) is 5.91 Å². The zero-order chi connectivity index (χ0) is 14.7. The molecule has 21 heavy (non-hydrogen) atoms. The van der Waals surface area contributed by atoms with Crippen molar-refractivity contribution in [3.8, 4) is 0 Å². The highest BCUT2D eigenvalue weighted by Gasteiger charge is 2.31. The summed E-state index contributed by atoms with van der Waals surface area (Å²) in [4.78, 5) is 18.7. The molecular formula is C15H25N5O. The summed E-state index contributed by atoms with van der Waals surface area (Å²) >= 11 is 0. The van der Waals surface area contributed by atoms with Crippen molar-refractivity contribution in [2.75, 3.05) is 13.1 Å². The predicted octanol–water partition coefficient (Wildman–Crippen LogP) is 1.03. The second-order valence-electron chi connectivity index (χ2n) is 6.53. The lowest BCUT2D eigenvalue weighted by Gasteiger charge is -2.36. The molecule has 2 heterocycles. The minimum Gasteiger partial charge on any atom is -0.342 e. The Morgan fingerprint density at radius 2 is 2.19 bits per heavy atom. The van der Waals surface area contributed by atoms with Crippen LogP contribution in [-0.2, 0) is 11.3 Å². The molecule has 2 fully saturated rings. The van der Waals surface area contributed by atoms with Crippen LogP contribution >= 0.6 is 0 Å². The normalized spacial score (nSPS) is 30.3. The molecule has 2 N–H and O–H groups in total. The molecule has 1 saturated heterocycles. The van der Waals surface area contributed by atoms with Crippen LogP contribution in [-0.4, -0.2) is 44.7 Å². The Balaban J connectivity index is 1.56. The molecule has 0 aromatic carbocycles. The first-order valence-corrected chi connectivity index (χ1v) is 8.09. The second-order valence-corrected chi connectivity index (χ2v) is 6.53. The fourth-order valence-electron chi connectivity index (χ4n) is 3.72. The smallest absolute Gasteiger partial charge is 0.225 e. The van der Waals surface area contributed by atoms with E-state index in [1.807, 2.05) is 4.68 Å². The van der Waals surface area contributed by atoms with Crippen LogP contribution in [0.1, 0.15) is 38.5 Å². The number of aromatic nitrogens is 3. The number of hydrogen-bond donors (Lipinski definition) is 1. The maximum absolute atomic E-state index is 12.7. The molecule has 1 aromatic rings. The van der Waals surface area contributed by atoms with Gasteiger partial charge < -0.3 is 10.6 Å². The molecule has 1 amide bonds. The van der Waals surface area contributed by atoms with Gasteiger partial charge in [-0.3, -0.25) is 9.48 Å². The molecule has 116 valence electrons. The molecule has 3 rings (SSSR count). The maximum atomic E-state index is 12.7. The van der Waals surface area contributed by atoms with Crippen LogP contribution in [0, 0.1) is 11.8 Å². The Morgan fingerprint density at radius 3 is 2.95 bits per heavy atom. The average Bonchev–Trinajstić information content (AvgIpc) is 3.00. The van der Waals surface area contributed by atoms with Crippen molar-refractivity contribution in [1.82, 2.24) is 19.7 Å². The van der Waals surface area contributed by atoms with Crippen LogP contribution in [0.4, 0.5) is 0 Å². The van der Waals surface area contributed by atoms with E-state index >= 15 is 0 Å². The highest BCUT2D eigenvalue weighted by atomic mass is 16.2. The van der Waals surface area contributed by atoms with Crippen molar-refractivity contribution < 1.29 is 4.79 Å². The number of carbonyl (C=O) groups excluding carboxylic acids is 1.